The Morgan fingerprint density at radius 1 is 0.960 bits per heavy atom. The number of nitrogens with two attached hydrogens (primary N) is 2. The van der Waals surface area contributed by atoms with Crippen LogP contribution >= 0.6 is 0 Å². The number of anilines is 2. The molecule has 5 N–H and O–H groups in total. The van der Waals surface area contributed by atoms with Crippen LogP contribution < -0.4 is 26.3 Å². The van der Waals surface area contributed by atoms with Crippen LogP contribution in [0.3, 0.4) is 0 Å². The predicted molar refractivity (Wildman–Crippen MR) is 102 cm³/mol. The van der Waals surface area contributed by atoms with Crippen LogP contribution in [0.4, 0.5) is 11.4 Å². The Labute approximate surface area is 149 Å². The van der Waals surface area contributed by atoms with Crippen molar-refractivity contribution in [3.63, 3.8) is 0 Å². The monoisotopic (exact) mass is 341 g/mol. The second-order valence-electron chi connectivity index (χ2n) is 6.57. The van der Waals surface area contributed by atoms with E-state index in [1.165, 1.54) is 32.4 Å². The smallest absolute Gasteiger partial charge is 0.131 e. The molecule has 0 aliphatic carbocycles. The van der Waals surface area contributed by atoms with Crippen LogP contribution in [0.2, 0.25) is 0 Å². The van der Waals surface area contributed by atoms with Crippen molar-refractivity contribution in [1.82, 2.24) is 5.32 Å². The number of unbranched alkanes of at least 4 members (excludes halogenated alkanes) is 1. The van der Waals surface area contributed by atoms with Crippen LogP contribution in [-0.4, -0.2) is 19.7 Å². The van der Waals surface area contributed by atoms with Gasteiger partial charge < -0.3 is 26.3 Å². The minimum absolute atomic E-state index is 0.516. The standard InChI is InChI=1S/C20H27N3O2/c21-19-8-7-18(13-20(19)22)25-17-6-3-5-16(12-17)24-11-2-1-4-15-9-10-23-14-15/h3,5-8,12-13,15,23H,1-2,4,9-11,14,21-22H2. The third kappa shape index (κ3) is 5.29. The maximum absolute atomic E-state index is 5.85. The molecule has 0 bridgehead atoms. The molecular weight excluding hydrogens is 314 g/mol. The summed E-state index contributed by atoms with van der Waals surface area (Å²) >= 11 is 0. The average molecular weight is 341 g/mol. The molecule has 0 saturated carbocycles. The zero-order valence-corrected chi connectivity index (χ0v) is 14.5. The van der Waals surface area contributed by atoms with Gasteiger partial charge in [-0.25, -0.2) is 0 Å². The SMILES string of the molecule is Nc1ccc(Oc2cccc(OCCCCC3CCNC3)c2)cc1N. The highest BCUT2D eigenvalue weighted by Gasteiger charge is 2.13. The van der Waals surface area contributed by atoms with E-state index in [0.29, 0.717) is 17.1 Å². The molecule has 5 nitrogen and oxygen atoms in total. The number of nitrogen functional groups attached to an aromatic ring is 2. The summed E-state index contributed by atoms with van der Waals surface area (Å²) in [7, 11) is 0. The van der Waals surface area contributed by atoms with E-state index in [9.17, 15) is 0 Å². The van der Waals surface area contributed by atoms with Crippen LogP contribution in [0, 0.1) is 5.92 Å². The van der Waals surface area contributed by atoms with Gasteiger partial charge in [-0.1, -0.05) is 6.07 Å². The Morgan fingerprint density at radius 3 is 2.60 bits per heavy atom. The lowest BCUT2D eigenvalue weighted by atomic mass is 10.0. The van der Waals surface area contributed by atoms with Crippen molar-refractivity contribution in [2.75, 3.05) is 31.2 Å². The summed E-state index contributed by atoms with van der Waals surface area (Å²) in [5, 5.41) is 3.41. The minimum atomic E-state index is 0.516. The molecule has 1 unspecified atom stereocenters. The summed E-state index contributed by atoms with van der Waals surface area (Å²) in [5.41, 5.74) is 12.6. The molecule has 0 radical (unpaired) electrons. The number of nitrogens with one attached hydrogen (secondary N) is 1. The van der Waals surface area contributed by atoms with Gasteiger partial charge in [0.15, 0.2) is 0 Å². The summed E-state index contributed by atoms with van der Waals surface area (Å²) in [4.78, 5) is 0. The van der Waals surface area contributed by atoms with E-state index < -0.39 is 0 Å². The zero-order chi connectivity index (χ0) is 17.5. The van der Waals surface area contributed by atoms with Crippen LogP contribution in [0.1, 0.15) is 25.7 Å². The lowest BCUT2D eigenvalue weighted by Gasteiger charge is -2.11. The molecule has 0 aromatic heterocycles. The molecule has 25 heavy (non-hydrogen) atoms. The molecule has 1 heterocycles. The molecule has 0 amide bonds. The van der Waals surface area contributed by atoms with Crippen LogP contribution in [-0.2, 0) is 0 Å². The fourth-order valence-electron chi connectivity index (χ4n) is 3.07. The normalized spacial score (nSPS) is 16.7. The Balaban J connectivity index is 1.45. The Kier molecular flexibility index (Phi) is 6.01. The van der Waals surface area contributed by atoms with Gasteiger partial charge in [0.2, 0.25) is 0 Å². The molecule has 0 spiro atoms. The summed E-state index contributed by atoms with van der Waals surface area (Å²) in [6.07, 6.45) is 4.90. The van der Waals surface area contributed by atoms with E-state index in [-0.39, 0.29) is 0 Å². The van der Waals surface area contributed by atoms with Crippen molar-refractivity contribution in [3.8, 4) is 17.2 Å². The number of benzene rings is 2. The van der Waals surface area contributed by atoms with E-state index in [0.717, 1.165) is 30.4 Å². The van der Waals surface area contributed by atoms with Gasteiger partial charge in [0.25, 0.3) is 0 Å². The first-order valence-corrected chi connectivity index (χ1v) is 8.97. The van der Waals surface area contributed by atoms with Crippen molar-refractivity contribution in [1.29, 1.82) is 0 Å². The number of hydrogen-bond donors (Lipinski definition) is 3. The first-order valence-electron chi connectivity index (χ1n) is 8.97. The van der Waals surface area contributed by atoms with E-state index in [2.05, 4.69) is 5.32 Å². The molecule has 1 atom stereocenters. The van der Waals surface area contributed by atoms with Crippen LogP contribution in [0.25, 0.3) is 0 Å². The lowest BCUT2D eigenvalue weighted by molar-refractivity contribution is 0.299. The summed E-state index contributed by atoms with van der Waals surface area (Å²) < 4.78 is 11.7. The van der Waals surface area contributed by atoms with E-state index >= 15 is 0 Å². The molecule has 2 aromatic carbocycles. The molecule has 1 aliphatic heterocycles. The van der Waals surface area contributed by atoms with Crippen LogP contribution in [0.15, 0.2) is 42.5 Å². The van der Waals surface area contributed by atoms with Gasteiger partial charge in [-0.3, -0.25) is 0 Å². The Bertz CT molecular complexity index is 684. The van der Waals surface area contributed by atoms with E-state index in [4.69, 9.17) is 20.9 Å². The highest BCUT2D eigenvalue weighted by Crippen LogP contribution is 2.28. The quantitative estimate of drug-likeness (QED) is 0.502. The third-order valence-electron chi connectivity index (χ3n) is 4.54. The van der Waals surface area contributed by atoms with Gasteiger partial charge in [-0.05, 0) is 69.0 Å². The lowest BCUT2D eigenvalue weighted by Crippen LogP contribution is -2.09. The molecule has 2 aromatic rings. The molecule has 5 heteroatoms. The third-order valence-corrected chi connectivity index (χ3v) is 4.54. The van der Waals surface area contributed by atoms with Gasteiger partial charge in [0, 0.05) is 12.1 Å². The molecule has 3 rings (SSSR count). The highest BCUT2D eigenvalue weighted by molar-refractivity contribution is 5.65. The van der Waals surface area contributed by atoms with Gasteiger partial charge in [-0.15, -0.1) is 0 Å². The molecule has 1 aliphatic rings. The number of hydrogen-bond acceptors (Lipinski definition) is 5. The second kappa shape index (κ2) is 8.62. The molecule has 1 saturated heterocycles. The van der Waals surface area contributed by atoms with Gasteiger partial charge >= 0.3 is 0 Å². The molecule has 1 fully saturated rings. The summed E-state index contributed by atoms with van der Waals surface area (Å²) in [6, 6.07) is 12.9. The van der Waals surface area contributed by atoms with Crippen molar-refractivity contribution in [3.05, 3.63) is 42.5 Å². The van der Waals surface area contributed by atoms with Crippen molar-refractivity contribution >= 4 is 11.4 Å². The summed E-state index contributed by atoms with van der Waals surface area (Å²) in [5.74, 6) is 3.06. The zero-order valence-electron chi connectivity index (χ0n) is 14.5. The van der Waals surface area contributed by atoms with E-state index in [1.54, 1.807) is 18.2 Å². The first-order chi connectivity index (χ1) is 12.2. The number of rotatable bonds is 8. The fourth-order valence-corrected chi connectivity index (χ4v) is 3.07. The van der Waals surface area contributed by atoms with Crippen molar-refractivity contribution < 1.29 is 9.47 Å². The Morgan fingerprint density at radius 2 is 1.80 bits per heavy atom. The van der Waals surface area contributed by atoms with Gasteiger partial charge in [0.05, 0.1) is 18.0 Å². The summed E-state index contributed by atoms with van der Waals surface area (Å²) in [6.45, 7) is 3.09. The predicted octanol–water partition coefficient (Wildman–Crippen LogP) is 3.80. The second-order valence-corrected chi connectivity index (χ2v) is 6.57. The fraction of sp³-hybridized carbons (Fsp3) is 0.400. The maximum Gasteiger partial charge on any atom is 0.131 e. The average Bonchev–Trinajstić information content (AvgIpc) is 3.12. The van der Waals surface area contributed by atoms with Gasteiger partial charge in [0.1, 0.15) is 17.2 Å². The topological polar surface area (TPSA) is 82.5 Å². The molecular formula is C20H27N3O2. The minimum Gasteiger partial charge on any atom is -0.493 e. The van der Waals surface area contributed by atoms with Crippen molar-refractivity contribution in [2.45, 2.75) is 25.7 Å². The van der Waals surface area contributed by atoms with Crippen molar-refractivity contribution in [2.24, 2.45) is 5.92 Å². The van der Waals surface area contributed by atoms with E-state index in [1.807, 2.05) is 24.3 Å². The largest absolute Gasteiger partial charge is 0.493 e. The van der Waals surface area contributed by atoms with Crippen LogP contribution in [0.5, 0.6) is 17.2 Å². The number of ether oxygens (including phenoxy) is 2. The molecule has 134 valence electrons. The van der Waals surface area contributed by atoms with Gasteiger partial charge in [-0.2, -0.15) is 0 Å². The Hall–Kier alpha value is -2.40. The first kappa shape index (κ1) is 17.4. The maximum atomic E-state index is 5.85. The highest BCUT2D eigenvalue weighted by atomic mass is 16.5.